The maximum atomic E-state index is 11.1. The molecule has 0 radical (unpaired) electrons. The Morgan fingerprint density at radius 3 is 1.38 bits per heavy atom. The van der Waals surface area contributed by atoms with Crippen molar-refractivity contribution in [1.82, 2.24) is 0 Å². The Morgan fingerprint density at radius 1 is 0.692 bits per heavy atom. The van der Waals surface area contributed by atoms with E-state index in [1.165, 1.54) is 14.2 Å². The maximum absolute atomic E-state index is 11.1. The minimum atomic E-state index is -1.11. The van der Waals surface area contributed by atoms with E-state index in [-0.39, 0.29) is 12.8 Å². The Bertz CT molecular complexity index is 599. The summed E-state index contributed by atoms with van der Waals surface area (Å²) in [4.78, 5) is 66.6. The van der Waals surface area contributed by atoms with Crippen molar-refractivity contribution in [3.63, 3.8) is 0 Å². The third-order valence-corrected chi connectivity index (χ3v) is 2.41. The molecular weight excluding hydrogens is 356 g/mol. The lowest BCUT2D eigenvalue weighted by molar-refractivity contribution is -0.147. The van der Waals surface area contributed by atoms with E-state index in [1.807, 2.05) is 0 Å². The standard InChI is InChI=1S/C7H8N2O5.C7H10O5/c1-13-5(11)3-4(10)6(9-8)7(12)14-2;1-11-6(9)3-5(8)4-7(10)12-2/h3H2,1-2H3;3-4H2,1-2H3. The van der Waals surface area contributed by atoms with Gasteiger partial charge in [0.15, 0.2) is 5.78 Å². The third-order valence-electron chi connectivity index (χ3n) is 2.41. The van der Waals surface area contributed by atoms with Crippen LogP contribution in [0.5, 0.6) is 0 Å². The second kappa shape index (κ2) is 14.0. The molecule has 0 aromatic heterocycles. The van der Waals surface area contributed by atoms with Crippen LogP contribution in [0.2, 0.25) is 0 Å². The molecule has 0 amide bonds. The quantitative estimate of drug-likeness (QED) is 0.123. The fourth-order valence-corrected chi connectivity index (χ4v) is 1.12. The van der Waals surface area contributed by atoms with Gasteiger partial charge in [0.1, 0.15) is 19.3 Å². The summed E-state index contributed by atoms with van der Waals surface area (Å²) in [6.07, 6.45) is -1.44. The van der Waals surface area contributed by atoms with E-state index in [1.54, 1.807) is 0 Å². The molecule has 12 heteroatoms. The number of hydrogen-bond acceptors (Lipinski definition) is 10. The van der Waals surface area contributed by atoms with Gasteiger partial charge in [0.05, 0.1) is 28.4 Å². The second-order valence-electron chi connectivity index (χ2n) is 4.16. The molecule has 0 aromatic carbocycles. The second-order valence-corrected chi connectivity index (χ2v) is 4.16. The number of ketones is 2. The Balaban J connectivity index is 0. The molecule has 0 saturated heterocycles. The molecule has 0 aromatic rings. The zero-order valence-electron chi connectivity index (χ0n) is 14.6. The Kier molecular flexibility index (Phi) is 13.4. The Labute approximate surface area is 147 Å². The first-order valence-corrected chi connectivity index (χ1v) is 6.72. The highest BCUT2D eigenvalue weighted by atomic mass is 16.5. The molecule has 0 aliphatic heterocycles. The molecular formula is C14H18N2O10. The van der Waals surface area contributed by atoms with Crippen LogP contribution in [0, 0.1) is 0 Å². The monoisotopic (exact) mass is 374 g/mol. The molecule has 0 aliphatic carbocycles. The summed E-state index contributed by atoms with van der Waals surface area (Å²) < 4.78 is 16.8. The third kappa shape index (κ3) is 11.2. The van der Waals surface area contributed by atoms with Crippen molar-refractivity contribution < 1.29 is 52.5 Å². The van der Waals surface area contributed by atoms with Gasteiger partial charge in [-0.05, 0) is 0 Å². The molecule has 0 N–H and O–H groups in total. The number of rotatable bonds is 8. The van der Waals surface area contributed by atoms with Crippen LogP contribution >= 0.6 is 0 Å². The first-order chi connectivity index (χ1) is 12.2. The van der Waals surface area contributed by atoms with Crippen molar-refractivity contribution in [3.05, 3.63) is 5.53 Å². The summed E-state index contributed by atoms with van der Waals surface area (Å²) in [5, 5.41) is 0. The highest BCUT2D eigenvalue weighted by Crippen LogP contribution is 1.94. The molecule has 0 bridgehead atoms. The highest BCUT2D eigenvalue weighted by molar-refractivity contribution is 6.63. The summed E-state index contributed by atoms with van der Waals surface area (Å²) >= 11 is 0. The number of Topliss-reactive ketones (excluding diaryl/α,β-unsaturated/α-hetero) is 2. The van der Waals surface area contributed by atoms with Crippen LogP contribution in [0.25, 0.3) is 5.53 Å². The topological polar surface area (TPSA) is 176 Å². The van der Waals surface area contributed by atoms with Crippen LogP contribution in [0.1, 0.15) is 19.3 Å². The van der Waals surface area contributed by atoms with E-state index in [0.29, 0.717) is 0 Å². The predicted octanol–water partition coefficient (Wildman–Crippen LogP) is -1.36. The Morgan fingerprint density at radius 2 is 1.08 bits per heavy atom. The molecule has 0 aliphatic rings. The van der Waals surface area contributed by atoms with E-state index in [9.17, 15) is 28.8 Å². The smallest absolute Gasteiger partial charge is 0.442 e. The van der Waals surface area contributed by atoms with E-state index in [2.05, 4.69) is 23.7 Å². The number of carbonyl (C=O) groups excluding carboxylic acids is 6. The van der Waals surface area contributed by atoms with Gasteiger partial charge in [0.25, 0.3) is 5.78 Å². The van der Waals surface area contributed by atoms with Gasteiger partial charge in [-0.15, -0.1) is 0 Å². The molecule has 0 spiro atoms. The van der Waals surface area contributed by atoms with E-state index in [4.69, 9.17) is 5.53 Å². The fraction of sp³-hybridized carbons (Fsp3) is 0.500. The first-order valence-electron chi connectivity index (χ1n) is 6.72. The summed E-state index contributed by atoms with van der Waals surface area (Å²) in [6.45, 7) is 0. The van der Waals surface area contributed by atoms with Gasteiger partial charge in [0, 0.05) is 0 Å². The molecule has 0 saturated carbocycles. The van der Waals surface area contributed by atoms with Crippen molar-refractivity contribution in [2.75, 3.05) is 28.4 Å². The molecule has 0 heterocycles. The molecule has 26 heavy (non-hydrogen) atoms. The van der Waals surface area contributed by atoms with Crippen LogP contribution in [0.3, 0.4) is 0 Å². The van der Waals surface area contributed by atoms with E-state index >= 15 is 0 Å². The van der Waals surface area contributed by atoms with Gasteiger partial charge in [-0.1, -0.05) is 0 Å². The predicted molar refractivity (Wildman–Crippen MR) is 80.6 cm³/mol. The van der Waals surface area contributed by atoms with Crippen molar-refractivity contribution in [1.29, 1.82) is 0 Å². The van der Waals surface area contributed by atoms with Crippen molar-refractivity contribution >= 4 is 41.2 Å². The molecule has 0 rings (SSSR count). The van der Waals surface area contributed by atoms with Crippen molar-refractivity contribution in [2.24, 2.45) is 0 Å². The summed E-state index contributed by atoms with van der Waals surface area (Å²) in [5.74, 6) is -4.71. The van der Waals surface area contributed by atoms with E-state index in [0.717, 1.165) is 14.2 Å². The Hall–Kier alpha value is -3.40. The van der Waals surface area contributed by atoms with E-state index < -0.39 is 47.6 Å². The van der Waals surface area contributed by atoms with Gasteiger partial charge in [-0.25, -0.2) is 4.79 Å². The molecule has 0 atom stereocenters. The first kappa shape index (κ1) is 24.8. The average molecular weight is 374 g/mol. The van der Waals surface area contributed by atoms with Crippen molar-refractivity contribution in [3.8, 4) is 0 Å². The lowest BCUT2D eigenvalue weighted by atomic mass is 10.2. The largest absolute Gasteiger partial charge is 0.469 e. The minimum absolute atomic E-state index is 0.383. The molecule has 144 valence electrons. The lowest BCUT2D eigenvalue weighted by Gasteiger charge is -1.97. The number of carbonyl (C=O) groups is 6. The molecule has 0 fully saturated rings. The van der Waals surface area contributed by atoms with Gasteiger partial charge in [-0.3, -0.25) is 24.0 Å². The number of ether oxygens (including phenoxy) is 4. The maximum Gasteiger partial charge on any atom is 0.442 e. The van der Waals surface area contributed by atoms with Crippen LogP contribution in [-0.2, 0) is 47.7 Å². The number of nitrogens with zero attached hydrogens (tertiary/aromatic N) is 2. The van der Waals surface area contributed by atoms with Gasteiger partial charge >= 0.3 is 29.6 Å². The number of hydrogen-bond donors (Lipinski definition) is 0. The average Bonchev–Trinajstić information content (AvgIpc) is 2.61. The van der Waals surface area contributed by atoms with Crippen LogP contribution in [0.4, 0.5) is 0 Å². The normalized spacial score (nSPS) is 8.62. The van der Waals surface area contributed by atoms with Crippen molar-refractivity contribution in [2.45, 2.75) is 19.3 Å². The highest BCUT2D eigenvalue weighted by Gasteiger charge is 2.32. The van der Waals surface area contributed by atoms with Gasteiger partial charge in [-0.2, -0.15) is 4.79 Å². The summed E-state index contributed by atoms with van der Waals surface area (Å²) in [6, 6.07) is 0. The van der Waals surface area contributed by atoms with Crippen LogP contribution in [0.15, 0.2) is 0 Å². The van der Waals surface area contributed by atoms with Gasteiger partial charge < -0.3 is 24.5 Å². The van der Waals surface area contributed by atoms with Crippen LogP contribution in [-0.4, -0.2) is 74.4 Å². The SMILES string of the molecule is COC(=O)CC(=O)C(=[N+]=[N-])C(=O)OC.COC(=O)CC(=O)CC(=O)OC. The zero-order valence-corrected chi connectivity index (χ0v) is 14.6. The van der Waals surface area contributed by atoms with Gasteiger partial charge in [0.2, 0.25) is 0 Å². The summed E-state index contributed by atoms with van der Waals surface area (Å²) in [5.41, 5.74) is 7.46. The summed E-state index contributed by atoms with van der Waals surface area (Å²) in [7, 11) is 4.45. The lowest BCUT2D eigenvalue weighted by Crippen LogP contribution is -2.28. The fourth-order valence-electron chi connectivity index (χ4n) is 1.12. The number of methoxy groups -OCH3 is 4. The zero-order chi connectivity index (χ0) is 20.7. The van der Waals surface area contributed by atoms with Crippen LogP contribution < -0.4 is 0 Å². The number of esters is 4. The molecule has 12 nitrogen and oxygen atoms in total. The molecule has 0 unspecified atom stereocenters. The minimum Gasteiger partial charge on any atom is -0.469 e.